The van der Waals surface area contributed by atoms with Gasteiger partial charge in [0.1, 0.15) is 0 Å². The molecule has 2 aliphatic carbocycles. The molecular formula is C48H32. The van der Waals surface area contributed by atoms with Crippen LogP contribution in [-0.2, 0) is 5.41 Å². The van der Waals surface area contributed by atoms with Crippen LogP contribution in [0.3, 0.4) is 0 Å². The van der Waals surface area contributed by atoms with Crippen LogP contribution in [0, 0.1) is 0 Å². The molecule has 0 radical (unpaired) electrons. The van der Waals surface area contributed by atoms with Gasteiger partial charge in [-0.05, 0) is 112 Å². The largest absolute Gasteiger partial charge is 0.0801 e. The smallest absolute Gasteiger partial charge is 0.0711 e. The van der Waals surface area contributed by atoms with Crippen LogP contribution in [0.4, 0.5) is 0 Å². The molecule has 0 unspecified atom stereocenters. The highest BCUT2D eigenvalue weighted by Gasteiger charge is 2.47. The first-order chi connectivity index (χ1) is 23.8. The summed E-state index contributed by atoms with van der Waals surface area (Å²) in [6.45, 7) is 0. The van der Waals surface area contributed by atoms with Crippen molar-refractivity contribution in [3.05, 3.63) is 221 Å². The molecule has 0 fully saturated rings. The Morgan fingerprint density at radius 3 is 1.58 bits per heavy atom. The average molecular weight is 609 g/mol. The fourth-order valence-corrected chi connectivity index (χ4v) is 8.69. The van der Waals surface area contributed by atoms with Crippen molar-refractivity contribution in [3.63, 3.8) is 0 Å². The van der Waals surface area contributed by atoms with Crippen LogP contribution in [0.15, 0.2) is 193 Å². The Bertz CT molecular complexity index is 2560. The van der Waals surface area contributed by atoms with E-state index in [1.54, 1.807) is 0 Å². The van der Waals surface area contributed by atoms with E-state index in [0.29, 0.717) is 0 Å². The predicted molar refractivity (Wildman–Crippen MR) is 204 cm³/mol. The molecular weight excluding hydrogens is 577 g/mol. The SMILES string of the molecule is C1=CCC2=C(c3c4ccccc4cc4ccccc34)c3ccccc3C(c3ccc4ccccc4c3)(c3ccc4ccccc4c3)C2=C1. The van der Waals surface area contributed by atoms with Gasteiger partial charge in [0.05, 0.1) is 5.41 Å². The Balaban J connectivity index is 1.39. The molecule has 0 bridgehead atoms. The lowest BCUT2D eigenvalue weighted by molar-refractivity contribution is 0.716. The zero-order valence-electron chi connectivity index (χ0n) is 26.5. The molecule has 224 valence electrons. The van der Waals surface area contributed by atoms with Gasteiger partial charge in [0, 0.05) is 0 Å². The number of hydrogen-bond donors (Lipinski definition) is 0. The molecule has 0 aromatic heterocycles. The minimum absolute atomic E-state index is 0.519. The highest BCUT2D eigenvalue weighted by atomic mass is 14.5. The van der Waals surface area contributed by atoms with Crippen LogP contribution in [0.1, 0.15) is 34.2 Å². The van der Waals surface area contributed by atoms with E-state index in [0.717, 1.165) is 6.42 Å². The van der Waals surface area contributed by atoms with Crippen molar-refractivity contribution in [1.29, 1.82) is 0 Å². The molecule has 0 N–H and O–H groups in total. The van der Waals surface area contributed by atoms with Crippen LogP contribution in [0.2, 0.25) is 0 Å². The van der Waals surface area contributed by atoms with Gasteiger partial charge >= 0.3 is 0 Å². The molecule has 0 saturated carbocycles. The second-order valence-corrected chi connectivity index (χ2v) is 13.2. The van der Waals surface area contributed by atoms with Crippen LogP contribution in [-0.4, -0.2) is 0 Å². The fraction of sp³-hybridized carbons (Fsp3) is 0.0417. The van der Waals surface area contributed by atoms with Gasteiger partial charge < -0.3 is 0 Å². The Labute approximate surface area is 280 Å². The van der Waals surface area contributed by atoms with Crippen molar-refractivity contribution >= 4 is 48.7 Å². The van der Waals surface area contributed by atoms with E-state index >= 15 is 0 Å². The number of benzene rings is 8. The van der Waals surface area contributed by atoms with E-state index in [4.69, 9.17) is 0 Å². The molecule has 10 rings (SSSR count). The van der Waals surface area contributed by atoms with E-state index in [1.807, 2.05) is 0 Å². The van der Waals surface area contributed by atoms with E-state index in [-0.39, 0.29) is 0 Å². The zero-order chi connectivity index (χ0) is 31.7. The van der Waals surface area contributed by atoms with Crippen molar-refractivity contribution in [2.45, 2.75) is 11.8 Å². The molecule has 0 nitrogen and oxygen atoms in total. The summed E-state index contributed by atoms with van der Waals surface area (Å²) in [5, 5.41) is 10.2. The minimum Gasteiger partial charge on any atom is -0.0801 e. The summed E-state index contributed by atoms with van der Waals surface area (Å²) in [6.07, 6.45) is 7.90. The van der Waals surface area contributed by atoms with Crippen LogP contribution in [0.25, 0.3) is 48.7 Å². The quantitative estimate of drug-likeness (QED) is 0.175. The van der Waals surface area contributed by atoms with E-state index < -0.39 is 5.41 Å². The number of hydrogen-bond acceptors (Lipinski definition) is 0. The van der Waals surface area contributed by atoms with E-state index in [2.05, 4.69) is 182 Å². The molecule has 0 spiro atoms. The first-order valence-corrected chi connectivity index (χ1v) is 16.9. The first-order valence-electron chi connectivity index (χ1n) is 16.9. The van der Waals surface area contributed by atoms with Gasteiger partial charge in [0.25, 0.3) is 0 Å². The standard InChI is InChI=1S/C48H32/c1-3-15-34-30-38(27-25-32(34)13-1)48(39-28-26-33-14-2-4-16-35(33)31-39)44-23-11-9-21-42(44)47(43-22-10-12-24-45(43)48)46-40-19-7-5-17-36(40)29-37-18-6-8-20-41(37)46/h1-21,23-31H,22H2. The summed E-state index contributed by atoms with van der Waals surface area (Å²) < 4.78 is 0. The van der Waals surface area contributed by atoms with Crippen LogP contribution in [0.5, 0.6) is 0 Å². The zero-order valence-corrected chi connectivity index (χ0v) is 26.5. The molecule has 0 heterocycles. The molecule has 8 aromatic rings. The van der Waals surface area contributed by atoms with Gasteiger partial charge in [0.15, 0.2) is 0 Å². The number of rotatable bonds is 3. The lowest BCUT2D eigenvalue weighted by atomic mass is 9.56. The van der Waals surface area contributed by atoms with Crippen molar-refractivity contribution in [3.8, 4) is 0 Å². The van der Waals surface area contributed by atoms with Gasteiger partial charge in [-0.25, -0.2) is 0 Å². The minimum atomic E-state index is -0.519. The van der Waals surface area contributed by atoms with Gasteiger partial charge in [-0.3, -0.25) is 0 Å². The summed E-state index contributed by atoms with van der Waals surface area (Å²) in [7, 11) is 0. The van der Waals surface area contributed by atoms with Crippen LogP contribution >= 0.6 is 0 Å². The van der Waals surface area contributed by atoms with Crippen molar-refractivity contribution in [2.75, 3.05) is 0 Å². The molecule has 8 aromatic carbocycles. The maximum atomic E-state index is 2.44. The monoisotopic (exact) mass is 608 g/mol. The molecule has 0 heteroatoms. The topological polar surface area (TPSA) is 0 Å². The molecule has 0 saturated heterocycles. The van der Waals surface area contributed by atoms with Gasteiger partial charge in [-0.15, -0.1) is 0 Å². The maximum Gasteiger partial charge on any atom is 0.0711 e. The lowest BCUT2D eigenvalue weighted by Crippen LogP contribution is -2.37. The van der Waals surface area contributed by atoms with E-state index in [1.165, 1.54) is 87.6 Å². The summed E-state index contributed by atoms with van der Waals surface area (Å²) in [5.41, 5.74) is 10.2. The van der Waals surface area contributed by atoms with Gasteiger partial charge in [-0.2, -0.15) is 0 Å². The summed E-state index contributed by atoms with van der Waals surface area (Å²) >= 11 is 0. The Hall–Kier alpha value is -5.98. The number of fused-ring (bicyclic) bond motifs is 6. The van der Waals surface area contributed by atoms with Gasteiger partial charge in [0.2, 0.25) is 0 Å². The summed E-state index contributed by atoms with van der Waals surface area (Å²) in [4.78, 5) is 0. The predicted octanol–water partition coefficient (Wildman–Crippen LogP) is 12.3. The Morgan fingerprint density at radius 2 is 0.958 bits per heavy atom. The van der Waals surface area contributed by atoms with Crippen LogP contribution < -0.4 is 0 Å². The fourth-order valence-electron chi connectivity index (χ4n) is 8.69. The lowest BCUT2D eigenvalue weighted by Gasteiger charge is -2.45. The third kappa shape index (κ3) is 3.84. The average Bonchev–Trinajstić information content (AvgIpc) is 3.16. The highest BCUT2D eigenvalue weighted by Crippen LogP contribution is 2.58. The normalized spacial score (nSPS) is 15.1. The highest BCUT2D eigenvalue weighted by molar-refractivity contribution is 6.13. The van der Waals surface area contributed by atoms with Crippen molar-refractivity contribution in [1.82, 2.24) is 0 Å². The maximum absolute atomic E-state index is 2.44. The number of allylic oxidation sites excluding steroid dienone is 5. The molecule has 48 heavy (non-hydrogen) atoms. The second-order valence-electron chi connectivity index (χ2n) is 13.2. The molecule has 0 atom stereocenters. The Morgan fingerprint density at radius 1 is 0.438 bits per heavy atom. The first kappa shape index (κ1) is 27.2. The van der Waals surface area contributed by atoms with E-state index in [9.17, 15) is 0 Å². The summed E-state index contributed by atoms with van der Waals surface area (Å²) in [6, 6.07) is 61.2. The Kier molecular flexibility index (Phi) is 5.95. The molecule has 2 aliphatic rings. The van der Waals surface area contributed by atoms with Gasteiger partial charge in [-0.1, -0.05) is 164 Å². The third-order valence-corrected chi connectivity index (χ3v) is 10.7. The van der Waals surface area contributed by atoms with Crippen molar-refractivity contribution < 1.29 is 0 Å². The second kappa shape index (κ2) is 10.5. The molecule has 0 aliphatic heterocycles. The van der Waals surface area contributed by atoms with Crippen molar-refractivity contribution in [2.24, 2.45) is 0 Å². The molecule has 0 amide bonds. The third-order valence-electron chi connectivity index (χ3n) is 10.7. The summed E-state index contributed by atoms with van der Waals surface area (Å²) in [5.74, 6) is 0.